The smallest absolute Gasteiger partial charge is 0.126 e. The monoisotopic (exact) mass is 268 g/mol. The van der Waals surface area contributed by atoms with Crippen LogP contribution in [0.2, 0.25) is 0 Å². The van der Waals surface area contributed by atoms with Crippen LogP contribution in [0, 0.1) is 17.6 Å². The molecule has 0 radical (unpaired) electrons. The van der Waals surface area contributed by atoms with Crippen LogP contribution < -0.4 is 5.32 Å². The summed E-state index contributed by atoms with van der Waals surface area (Å²) in [4.78, 5) is 2.38. The highest BCUT2D eigenvalue weighted by Crippen LogP contribution is 2.16. The second kappa shape index (κ2) is 6.96. The van der Waals surface area contributed by atoms with Crippen LogP contribution in [0.4, 0.5) is 8.78 Å². The molecular formula is C15H22F2N2. The van der Waals surface area contributed by atoms with Crippen molar-refractivity contribution >= 4 is 0 Å². The van der Waals surface area contributed by atoms with Crippen molar-refractivity contribution in [2.24, 2.45) is 5.92 Å². The maximum atomic E-state index is 13.1. The summed E-state index contributed by atoms with van der Waals surface area (Å²) in [5.41, 5.74) is 0.743. The lowest BCUT2D eigenvalue weighted by Gasteiger charge is -2.16. The number of nitrogens with zero attached hydrogens (tertiary/aromatic N) is 1. The van der Waals surface area contributed by atoms with E-state index in [4.69, 9.17) is 0 Å². The van der Waals surface area contributed by atoms with Crippen LogP contribution in [0.15, 0.2) is 18.2 Å². The van der Waals surface area contributed by atoms with Gasteiger partial charge >= 0.3 is 0 Å². The Morgan fingerprint density at radius 3 is 2.68 bits per heavy atom. The lowest BCUT2D eigenvalue weighted by atomic mass is 10.1. The molecule has 1 aromatic rings. The van der Waals surface area contributed by atoms with E-state index in [0.29, 0.717) is 12.3 Å². The Bertz CT molecular complexity index is 389. The van der Waals surface area contributed by atoms with E-state index in [1.165, 1.54) is 18.6 Å². The van der Waals surface area contributed by atoms with Crippen molar-refractivity contribution in [2.75, 3.05) is 32.7 Å². The third-order valence-corrected chi connectivity index (χ3v) is 3.69. The number of hydrogen-bond acceptors (Lipinski definition) is 2. The average molecular weight is 268 g/mol. The van der Waals surface area contributed by atoms with Gasteiger partial charge in [-0.3, -0.25) is 0 Å². The maximum absolute atomic E-state index is 13.1. The normalized spacial score (nSPS) is 20.1. The van der Waals surface area contributed by atoms with Crippen LogP contribution in [0.25, 0.3) is 0 Å². The van der Waals surface area contributed by atoms with Crippen LogP contribution in [-0.2, 0) is 6.42 Å². The SMILES string of the molecule is CCNCC1CCN(CCc2cc(F)cc(F)c2)C1. The molecule has 0 bridgehead atoms. The first-order valence-corrected chi connectivity index (χ1v) is 7.05. The van der Waals surface area contributed by atoms with E-state index in [1.807, 2.05) is 0 Å². The second-order valence-corrected chi connectivity index (χ2v) is 5.29. The minimum atomic E-state index is -0.485. The fourth-order valence-corrected chi connectivity index (χ4v) is 2.67. The molecule has 0 saturated carbocycles. The van der Waals surface area contributed by atoms with Crippen molar-refractivity contribution < 1.29 is 8.78 Å². The molecule has 1 heterocycles. The van der Waals surface area contributed by atoms with Crippen LogP contribution >= 0.6 is 0 Å². The Morgan fingerprint density at radius 2 is 2.00 bits per heavy atom. The summed E-state index contributed by atoms with van der Waals surface area (Å²) in [6.45, 7) is 7.26. The van der Waals surface area contributed by atoms with Gasteiger partial charge in [-0.1, -0.05) is 6.92 Å². The van der Waals surface area contributed by atoms with E-state index in [-0.39, 0.29) is 0 Å². The van der Waals surface area contributed by atoms with Crippen LogP contribution in [0.1, 0.15) is 18.9 Å². The summed E-state index contributed by atoms with van der Waals surface area (Å²) in [5.74, 6) is -0.257. The summed E-state index contributed by atoms with van der Waals surface area (Å²) < 4.78 is 26.1. The molecule has 1 aliphatic heterocycles. The second-order valence-electron chi connectivity index (χ2n) is 5.29. The van der Waals surface area contributed by atoms with Gasteiger partial charge in [0.25, 0.3) is 0 Å². The molecule has 1 fully saturated rings. The van der Waals surface area contributed by atoms with Crippen molar-refractivity contribution in [3.8, 4) is 0 Å². The molecule has 0 spiro atoms. The van der Waals surface area contributed by atoms with E-state index < -0.39 is 11.6 Å². The highest BCUT2D eigenvalue weighted by molar-refractivity contribution is 5.18. The van der Waals surface area contributed by atoms with Crippen LogP contribution in [0.3, 0.4) is 0 Å². The Morgan fingerprint density at radius 1 is 1.26 bits per heavy atom. The van der Waals surface area contributed by atoms with Crippen molar-refractivity contribution in [1.29, 1.82) is 0 Å². The van der Waals surface area contributed by atoms with E-state index in [1.54, 1.807) is 0 Å². The van der Waals surface area contributed by atoms with Gasteiger partial charge in [-0.2, -0.15) is 0 Å². The number of likely N-dealkylation sites (tertiary alicyclic amines) is 1. The molecule has 4 heteroatoms. The first kappa shape index (κ1) is 14.4. The molecule has 0 amide bonds. The molecule has 19 heavy (non-hydrogen) atoms. The lowest BCUT2D eigenvalue weighted by molar-refractivity contribution is 0.326. The number of nitrogens with one attached hydrogen (secondary N) is 1. The molecular weight excluding hydrogens is 246 g/mol. The van der Waals surface area contributed by atoms with E-state index >= 15 is 0 Å². The minimum absolute atomic E-state index is 0.485. The summed E-state index contributed by atoms with van der Waals surface area (Å²) in [6, 6.07) is 3.77. The number of hydrogen-bond donors (Lipinski definition) is 1. The molecule has 106 valence electrons. The van der Waals surface area contributed by atoms with Gasteiger partial charge < -0.3 is 10.2 Å². The molecule has 1 saturated heterocycles. The molecule has 1 unspecified atom stereocenters. The van der Waals surface area contributed by atoms with Crippen LogP contribution in [-0.4, -0.2) is 37.6 Å². The summed E-state index contributed by atoms with van der Waals surface area (Å²) in [6.07, 6.45) is 1.92. The third-order valence-electron chi connectivity index (χ3n) is 3.69. The average Bonchev–Trinajstić information content (AvgIpc) is 2.81. The molecule has 1 N–H and O–H groups in total. The predicted octanol–water partition coefficient (Wildman–Crippen LogP) is 2.44. The van der Waals surface area contributed by atoms with Gasteiger partial charge in [0.2, 0.25) is 0 Å². The van der Waals surface area contributed by atoms with E-state index in [2.05, 4.69) is 17.1 Å². The topological polar surface area (TPSA) is 15.3 Å². The van der Waals surface area contributed by atoms with Gasteiger partial charge in [-0.15, -0.1) is 0 Å². The zero-order valence-corrected chi connectivity index (χ0v) is 11.5. The van der Waals surface area contributed by atoms with Crippen LogP contribution in [0.5, 0.6) is 0 Å². The Labute approximate surface area is 113 Å². The molecule has 2 rings (SSSR count). The minimum Gasteiger partial charge on any atom is -0.317 e. The van der Waals surface area contributed by atoms with Gasteiger partial charge in [-0.05, 0) is 56.1 Å². The summed E-state index contributed by atoms with van der Waals surface area (Å²) in [7, 11) is 0. The van der Waals surface area contributed by atoms with E-state index in [0.717, 1.165) is 44.4 Å². The fourth-order valence-electron chi connectivity index (χ4n) is 2.67. The molecule has 1 aromatic carbocycles. The van der Waals surface area contributed by atoms with Gasteiger partial charge in [0.15, 0.2) is 0 Å². The molecule has 2 nitrogen and oxygen atoms in total. The number of halogens is 2. The maximum Gasteiger partial charge on any atom is 0.126 e. The highest BCUT2D eigenvalue weighted by Gasteiger charge is 2.21. The Hall–Kier alpha value is -1.00. The van der Waals surface area contributed by atoms with Gasteiger partial charge in [-0.25, -0.2) is 8.78 Å². The van der Waals surface area contributed by atoms with Crippen molar-refractivity contribution in [3.63, 3.8) is 0 Å². The Balaban J connectivity index is 1.77. The quantitative estimate of drug-likeness (QED) is 0.852. The lowest BCUT2D eigenvalue weighted by Crippen LogP contribution is -2.27. The largest absolute Gasteiger partial charge is 0.317 e. The van der Waals surface area contributed by atoms with Crippen molar-refractivity contribution in [1.82, 2.24) is 10.2 Å². The van der Waals surface area contributed by atoms with Gasteiger partial charge in [0.1, 0.15) is 11.6 Å². The first-order chi connectivity index (χ1) is 9.17. The standard InChI is InChI=1S/C15H22F2N2/c1-2-18-10-13-4-6-19(11-13)5-3-12-7-14(16)9-15(17)8-12/h7-9,13,18H,2-6,10-11H2,1H3. The first-order valence-electron chi connectivity index (χ1n) is 7.05. The summed E-state index contributed by atoms with van der Waals surface area (Å²) >= 11 is 0. The summed E-state index contributed by atoms with van der Waals surface area (Å²) in [5, 5.41) is 3.37. The van der Waals surface area contributed by atoms with Crippen molar-refractivity contribution in [3.05, 3.63) is 35.4 Å². The number of rotatable bonds is 6. The van der Waals surface area contributed by atoms with Gasteiger partial charge in [0.05, 0.1) is 0 Å². The molecule has 0 aromatic heterocycles. The Kier molecular flexibility index (Phi) is 5.28. The highest BCUT2D eigenvalue weighted by atomic mass is 19.1. The fraction of sp³-hybridized carbons (Fsp3) is 0.600. The zero-order valence-electron chi connectivity index (χ0n) is 11.5. The third kappa shape index (κ3) is 4.55. The van der Waals surface area contributed by atoms with E-state index in [9.17, 15) is 8.78 Å². The molecule has 1 aliphatic rings. The van der Waals surface area contributed by atoms with Crippen molar-refractivity contribution in [2.45, 2.75) is 19.8 Å². The zero-order chi connectivity index (χ0) is 13.7. The predicted molar refractivity (Wildman–Crippen MR) is 73.2 cm³/mol. The molecule has 0 aliphatic carbocycles. The van der Waals surface area contributed by atoms with Gasteiger partial charge in [0, 0.05) is 19.2 Å². The number of benzene rings is 1. The molecule has 1 atom stereocenters.